The van der Waals surface area contributed by atoms with Crippen LogP contribution in [-0.2, 0) is 11.2 Å². The molecule has 1 amide bonds. The Kier molecular flexibility index (Phi) is 5.82. The number of hydrogen-bond donors (Lipinski definition) is 1. The fourth-order valence-electron chi connectivity index (χ4n) is 3.49. The molecule has 0 saturated carbocycles. The zero-order valence-corrected chi connectivity index (χ0v) is 14.3. The predicted octanol–water partition coefficient (Wildman–Crippen LogP) is 3.73. The molecule has 0 bridgehead atoms. The van der Waals surface area contributed by atoms with Crippen molar-refractivity contribution in [2.75, 3.05) is 13.1 Å². The molecule has 1 heterocycles. The zero-order valence-electron chi connectivity index (χ0n) is 14.3. The fraction of sp³-hybridized carbons (Fsp3) is 0.381. The van der Waals surface area contributed by atoms with Crippen LogP contribution in [0.2, 0.25) is 0 Å². The van der Waals surface area contributed by atoms with Crippen molar-refractivity contribution < 1.29 is 14.3 Å². The lowest BCUT2D eigenvalue weighted by Crippen LogP contribution is -2.39. The van der Waals surface area contributed by atoms with Gasteiger partial charge < -0.3 is 10.0 Å². The van der Waals surface area contributed by atoms with Crippen LogP contribution in [0.4, 0.5) is 4.39 Å². The van der Waals surface area contributed by atoms with E-state index in [-0.39, 0.29) is 17.6 Å². The van der Waals surface area contributed by atoms with Crippen LogP contribution in [-0.4, -0.2) is 29.0 Å². The summed E-state index contributed by atoms with van der Waals surface area (Å²) in [4.78, 5) is 14.2. The summed E-state index contributed by atoms with van der Waals surface area (Å²) in [6, 6.07) is 16.3. The van der Waals surface area contributed by atoms with Crippen molar-refractivity contribution in [2.24, 2.45) is 5.92 Å². The number of likely N-dealkylation sites (tertiary alicyclic amines) is 1. The number of nitrogens with zero attached hydrogens (tertiary/aromatic N) is 1. The van der Waals surface area contributed by atoms with Crippen molar-refractivity contribution in [3.63, 3.8) is 0 Å². The predicted molar refractivity (Wildman–Crippen MR) is 95.4 cm³/mol. The molecule has 1 aliphatic heterocycles. The second kappa shape index (κ2) is 8.26. The summed E-state index contributed by atoms with van der Waals surface area (Å²) < 4.78 is 13.6. The van der Waals surface area contributed by atoms with Crippen molar-refractivity contribution in [3.8, 4) is 0 Å². The first-order valence-electron chi connectivity index (χ1n) is 8.89. The minimum atomic E-state index is -0.475. The van der Waals surface area contributed by atoms with Crippen LogP contribution >= 0.6 is 0 Å². The van der Waals surface area contributed by atoms with Crippen molar-refractivity contribution in [3.05, 3.63) is 71.5 Å². The normalized spacial score (nSPS) is 16.6. The number of aryl methyl sites for hydroxylation is 1. The van der Waals surface area contributed by atoms with Gasteiger partial charge in [0, 0.05) is 19.5 Å². The van der Waals surface area contributed by atoms with Gasteiger partial charge in [0.2, 0.25) is 5.91 Å². The molecule has 0 radical (unpaired) electrons. The SMILES string of the molecule is O=C(CCc1ccccc1F)N1CCC(C(O)c2ccccc2)CC1. The number of rotatable bonds is 5. The first-order valence-corrected chi connectivity index (χ1v) is 8.89. The van der Waals surface area contributed by atoms with E-state index in [1.807, 2.05) is 35.2 Å². The van der Waals surface area contributed by atoms with Crippen molar-refractivity contribution in [1.29, 1.82) is 0 Å². The first-order chi connectivity index (χ1) is 12.1. The van der Waals surface area contributed by atoms with Crippen LogP contribution in [0.15, 0.2) is 54.6 Å². The molecule has 4 heteroatoms. The Hall–Kier alpha value is -2.20. The Morgan fingerprint density at radius 3 is 2.40 bits per heavy atom. The Balaban J connectivity index is 1.48. The average Bonchev–Trinajstić information content (AvgIpc) is 2.67. The molecule has 25 heavy (non-hydrogen) atoms. The van der Waals surface area contributed by atoms with E-state index in [0.29, 0.717) is 31.5 Å². The molecule has 1 saturated heterocycles. The third-order valence-electron chi connectivity index (χ3n) is 5.05. The van der Waals surface area contributed by atoms with Gasteiger partial charge in [-0.1, -0.05) is 48.5 Å². The highest BCUT2D eigenvalue weighted by Gasteiger charge is 2.28. The maximum atomic E-state index is 13.6. The second-order valence-electron chi connectivity index (χ2n) is 6.67. The largest absolute Gasteiger partial charge is 0.388 e. The molecule has 3 nitrogen and oxygen atoms in total. The van der Waals surface area contributed by atoms with Crippen molar-refractivity contribution in [1.82, 2.24) is 4.90 Å². The first kappa shape index (κ1) is 17.6. The van der Waals surface area contributed by atoms with E-state index in [2.05, 4.69) is 0 Å². The molecule has 1 unspecified atom stereocenters. The molecule has 2 aromatic carbocycles. The van der Waals surface area contributed by atoms with E-state index >= 15 is 0 Å². The Morgan fingerprint density at radius 1 is 1.08 bits per heavy atom. The Morgan fingerprint density at radius 2 is 1.72 bits per heavy atom. The summed E-state index contributed by atoms with van der Waals surface area (Å²) >= 11 is 0. The number of benzene rings is 2. The summed E-state index contributed by atoms with van der Waals surface area (Å²) in [5, 5.41) is 10.5. The number of hydrogen-bond acceptors (Lipinski definition) is 2. The molecule has 0 aliphatic carbocycles. The standard InChI is InChI=1S/C21H24FNO2/c22-19-9-5-4-6-16(19)10-11-20(24)23-14-12-18(13-15-23)21(25)17-7-2-1-3-8-17/h1-9,18,21,25H,10-15H2. The van der Waals surface area contributed by atoms with Gasteiger partial charge in [-0.15, -0.1) is 0 Å². The smallest absolute Gasteiger partial charge is 0.222 e. The monoisotopic (exact) mass is 341 g/mol. The van der Waals surface area contributed by atoms with E-state index in [1.54, 1.807) is 18.2 Å². The highest BCUT2D eigenvalue weighted by atomic mass is 19.1. The van der Waals surface area contributed by atoms with Gasteiger partial charge in [0.05, 0.1) is 6.10 Å². The van der Waals surface area contributed by atoms with Gasteiger partial charge in [-0.3, -0.25) is 4.79 Å². The lowest BCUT2D eigenvalue weighted by atomic mass is 9.87. The lowest BCUT2D eigenvalue weighted by Gasteiger charge is -2.34. The number of aliphatic hydroxyl groups excluding tert-OH is 1. The number of halogens is 1. The summed E-state index contributed by atoms with van der Waals surface area (Å²) in [5.74, 6) is -0.00564. The van der Waals surface area contributed by atoms with Crippen molar-refractivity contribution in [2.45, 2.75) is 31.8 Å². The van der Waals surface area contributed by atoms with Gasteiger partial charge in [-0.05, 0) is 42.4 Å². The highest BCUT2D eigenvalue weighted by molar-refractivity contribution is 5.76. The zero-order chi connectivity index (χ0) is 17.6. The number of aliphatic hydroxyl groups is 1. The van der Waals surface area contributed by atoms with E-state index < -0.39 is 6.10 Å². The summed E-state index contributed by atoms with van der Waals surface area (Å²) in [5.41, 5.74) is 1.53. The minimum Gasteiger partial charge on any atom is -0.388 e. The summed E-state index contributed by atoms with van der Waals surface area (Å²) in [7, 11) is 0. The lowest BCUT2D eigenvalue weighted by molar-refractivity contribution is -0.133. The fourth-order valence-corrected chi connectivity index (χ4v) is 3.49. The molecule has 132 valence electrons. The van der Waals surface area contributed by atoms with Gasteiger partial charge in [0.15, 0.2) is 0 Å². The van der Waals surface area contributed by atoms with E-state index in [1.165, 1.54) is 6.07 Å². The van der Waals surface area contributed by atoms with Crippen LogP contribution in [0.1, 0.15) is 36.5 Å². The highest BCUT2D eigenvalue weighted by Crippen LogP contribution is 2.30. The maximum Gasteiger partial charge on any atom is 0.222 e. The van der Waals surface area contributed by atoms with Crippen LogP contribution in [0.25, 0.3) is 0 Å². The van der Waals surface area contributed by atoms with Gasteiger partial charge in [-0.25, -0.2) is 4.39 Å². The molecule has 0 aromatic heterocycles. The molecule has 2 aromatic rings. The third kappa shape index (κ3) is 4.45. The molecule has 1 N–H and O–H groups in total. The topological polar surface area (TPSA) is 40.5 Å². The summed E-state index contributed by atoms with van der Waals surface area (Å²) in [6.07, 6.45) is 1.87. The molecule has 1 fully saturated rings. The van der Waals surface area contributed by atoms with Crippen LogP contribution < -0.4 is 0 Å². The second-order valence-corrected chi connectivity index (χ2v) is 6.67. The Bertz CT molecular complexity index is 696. The van der Waals surface area contributed by atoms with E-state index in [9.17, 15) is 14.3 Å². The molecular weight excluding hydrogens is 317 g/mol. The number of carbonyl (C=O) groups is 1. The van der Waals surface area contributed by atoms with Gasteiger partial charge in [0.25, 0.3) is 0 Å². The van der Waals surface area contributed by atoms with E-state index in [4.69, 9.17) is 0 Å². The average molecular weight is 341 g/mol. The molecule has 1 atom stereocenters. The van der Waals surface area contributed by atoms with Crippen LogP contribution in [0.3, 0.4) is 0 Å². The molecule has 3 rings (SSSR count). The quantitative estimate of drug-likeness (QED) is 0.900. The Labute approximate surface area is 148 Å². The minimum absolute atomic E-state index is 0.0657. The number of carbonyl (C=O) groups excluding carboxylic acids is 1. The van der Waals surface area contributed by atoms with E-state index in [0.717, 1.165) is 18.4 Å². The number of piperidine rings is 1. The molecule has 0 spiro atoms. The number of amides is 1. The van der Waals surface area contributed by atoms with Crippen LogP contribution in [0, 0.1) is 11.7 Å². The van der Waals surface area contributed by atoms with Gasteiger partial charge in [0.1, 0.15) is 5.82 Å². The third-order valence-corrected chi connectivity index (χ3v) is 5.05. The van der Waals surface area contributed by atoms with Crippen molar-refractivity contribution >= 4 is 5.91 Å². The van der Waals surface area contributed by atoms with Crippen LogP contribution in [0.5, 0.6) is 0 Å². The molecule has 1 aliphatic rings. The summed E-state index contributed by atoms with van der Waals surface area (Å²) in [6.45, 7) is 1.31. The van der Waals surface area contributed by atoms with Gasteiger partial charge >= 0.3 is 0 Å². The van der Waals surface area contributed by atoms with Gasteiger partial charge in [-0.2, -0.15) is 0 Å². The molecular formula is C21H24FNO2. The maximum absolute atomic E-state index is 13.6.